The first kappa shape index (κ1) is 21.7. The van der Waals surface area contributed by atoms with E-state index in [1.807, 2.05) is 6.07 Å². The second kappa shape index (κ2) is 9.23. The molecule has 0 radical (unpaired) electrons. The highest BCUT2D eigenvalue weighted by Crippen LogP contribution is 2.23. The Balaban J connectivity index is 1.53. The minimum Gasteiger partial charge on any atom is -0.335 e. The molecule has 1 aliphatic heterocycles. The first-order chi connectivity index (χ1) is 13.8. The lowest BCUT2D eigenvalue weighted by atomic mass is 9.92. The number of amides is 2. The van der Waals surface area contributed by atoms with Gasteiger partial charge in [-0.25, -0.2) is 13.1 Å². The molecule has 0 saturated carbocycles. The molecule has 0 bridgehead atoms. The molecule has 1 fully saturated rings. The van der Waals surface area contributed by atoms with Crippen LogP contribution in [0.5, 0.6) is 0 Å². The summed E-state index contributed by atoms with van der Waals surface area (Å²) in [6.07, 6.45) is 4.06. The number of nitrogens with one attached hydrogen (secondary N) is 2. The van der Waals surface area contributed by atoms with E-state index in [2.05, 4.69) is 11.8 Å². The Labute approximate surface area is 172 Å². The van der Waals surface area contributed by atoms with Crippen molar-refractivity contribution in [2.75, 3.05) is 53.4 Å². The average Bonchev–Trinajstić information content (AvgIpc) is 2.72. The Morgan fingerprint density at radius 3 is 2.48 bits per heavy atom. The van der Waals surface area contributed by atoms with Gasteiger partial charge in [-0.15, -0.1) is 0 Å². The van der Waals surface area contributed by atoms with Crippen LogP contribution in [0.4, 0.5) is 0 Å². The number of nitrogens with zero attached hydrogens (tertiary/aromatic N) is 2. The molecule has 1 aromatic carbocycles. The third-order valence-electron chi connectivity index (χ3n) is 5.81. The summed E-state index contributed by atoms with van der Waals surface area (Å²) in [7, 11) is -0.161. The topological polar surface area (TPSA) is 91.2 Å². The number of carbonyl (C=O) groups excluding carboxylic acids is 2. The highest BCUT2D eigenvalue weighted by atomic mass is 32.2. The summed E-state index contributed by atoms with van der Waals surface area (Å²) < 4.78 is 27.5. The van der Waals surface area contributed by atoms with Crippen molar-refractivity contribution in [2.45, 2.75) is 30.6 Å². The number of likely N-dealkylation sites (N-methyl/N-ethyl adjacent to an activating group) is 2. The summed E-state index contributed by atoms with van der Waals surface area (Å²) in [4.78, 5) is 29.3. The Morgan fingerprint density at radius 2 is 1.79 bits per heavy atom. The molecule has 160 valence electrons. The van der Waals surface area contributed by atoms with Crippen LogP contribution in [0, 0.1) is 0 Å². The Morgan fingerprint density at radius 1 is 1.14 bits per heavy atom. The van der Waals surface area contributed by atoms with Gasteiger partial charge in [-0.05, 0) is 48.9 Å². The van der Waals surface area contributed by atoms with E-state index in [1.165, 1.54) is 22.4 Å². The standard InChI is InChI=1S/C20H30N4O4S/c1-22-9-11-24(12-10-22)20(26)15-23(2)19(25)14-21-29(27,28)18-8-7-16-5-3-4-6-17(16)13-18/h7-8,13,21H,3-6,9-12,14-15H2,1-2H3/p+1. The number of sulfonamides is 1. The number of aryl methyl sites for hydroxylation is 2. The quantitative estimate of drug-likeness (QED) is 0.593. The molecule has 0 unspecified atom stereocenters. The highest BCUT2D eigenvalue weighted by Gasteiger charge is 2.24. The summed E-state index contributed by atoms with van der Waals surface area (Å²) >= 11 is 0. The summed E-state index contributed by atoms with van der Waals surface area (Å²) in [6.45, 7) is 2.73. The Kier molecular flexibility index (Phi) is 6.92. The van der Waals surface area contributed by atoms with Crippen LogP contribution in [-0.2, 0) is 32.5 Å². The van der Waals surface area contributed by atoms with Crippen molar-refractivity contribution in [1.29, 1.82) is 0 Å². The van der Waals surface area contributed by atoms with Crippen molar-refractivity contribution in [1.82, 2.24) is 14.5 Å². The lowest BCUT2D eigenvalue weighted by Gasteiger charge is -2.31. The average molecular weight is 424 g/mol. The molecule has 0 spiro atoms. The molecular weight excluding hydrogens is 392 g/mol. The molecule has 1 heterocycles. The molecule has 0 atom stereocenters. The fraction of sp³-hybridized carbons (Fsp3) is 0.600. The van der Waals surface area contributed by atoms with Crippen LogP contribution in [0.1, 0.15) is 24.0 Å². The van der Waals surface area contributed by atoms with Crippen LogP contribution in [0.2, 0.25) is 0 Å². The van der Waals surface area contributed by atoms with E-state index in [-0.39, 0.29) is 23.9 Å². The number of hydrogen-bond acceptors (Lipinski definition) is 4. The van der Waals surface area contributed by atoms with Crippen molar-refractivity contribution < 1.29 is 22.9 Å². The fourth-order valence-electron chi connectivity index (χ4n) is 3.78. The van der Waals surface area contributed by atoms with Gasteiger partial charge in [0.2, 0.25) is 21.8 Å². The molecule has 2 aliphatic rings. The molecule has 0 aromatic heterocycles. The van der Waals surface area contributed by atoms with Crippen molar-refractivity contribution in [3.63, 3.8) is 0 Å². The maximum absolute atomic E-state index is 12.6. The number of carbonyl (C=O) groups is 2. The van der Waals surface area contributed by atoms with E-state index >= 15 is 0 Å². The van der Waals surface area contributed by atoms with E-state index in [0.717, 1.165) is 44.3 Å². The minimum absolute atomic E-state index is 0.0432. The van der Waals surface area contributed by atoms with Crippen LogP contribution in [0.3, 0.4) is 0 Å². The van der Waals surface area contributed by atoms with Gasteiger partial charge in [0.25, 0.3) is 0 Å². The largest absolute Gasteiger partial charge is 0.335 e. The molecule has 3 rings (SSSR count). The number of fused-ring (bicyclic) bond motifs is 1. The summed E-state index contributed by atoms with van der Waals surface area (Å²) in [6, 6.07) is 5.18. The van der Waals surface area contributed by atoms with E-state index in [0.29, 0.717) is 13.1 Å². The van der Waals surface area contributed by atoms with Crippen LogP contribution in [0.15, 0.2) is 23.1 Å². The summed E-state index contributed by atoms with van der Waals surface area (Å²) in [5.41, 5.74) is 2.28. The second-order valence-electron chi connectivity index (χ2n) is 8.05. The van der Waals surface area contributed by atoms with Gasteiger partial charge in [0.15, 0.2) is 0 Å². The fourth-order valence-corrected chi connectivity index (χ4v) is 4.81. The second-order valence-corrected chi connectivity index (χ2v) is 9.82. The van der Waals surface area contributed by atoms with Gasteiger partial charge in [0, 0.05) is 7.05 Å². The van der Waals surface area contributed by atoms with Gasteiger partial charge < -0.3 is 14.7 Å². The molecule has 1 saturated heterocycles. The van der Waals surface area contributed by atoms with Crippen LogP contribution in [-0.4, -0.2) is 83.4 Å². The third kappa shape index (κ3) is 5.55. The molecule has 1 aliphatic carbocycles. The van der Waals surface area contributed by atoms with Gasteiger partial charge >= 0.3 is 0 Å². The Hall–Kier alpha value is -1.97. The van der Waals surface area contributed by atoms with E-state index in [4.69, 9.17) is 0 Å². The van der Waals surface area contributed by atoms with E-state index < -0.39 is 15.9 Å². The molecular formula is C20H31N4O4S+. The first-order valence-electron chi connectivity index (χ1n) is 10.2. The van der Waals surface area contributed by atoms with Crippen LogP contribution < -0.4 is 9.62 Å². The van der Waals surface area contributed by atoms with Crippen molar-refractivity contribution in [3.8, 4) is 0 Å². The van der Waals surface area contributed by atoms with Crippen molar-refractivity contribution >= 4 is 21.8 Å². The summed E-state index contributed by atoms with van der Waals surface area (Å²) in [5, 5.41) is 0. The van der Waals surface area contributed by atoms with Crippen molar-refractivity contribution in [3.05, 3.63) is 29.3 Å². The molecule has 1 aromatic rings. The van der Waals surface area contributed by atoms with E-state index in [1.54, 1.807) is 17.0 Å². The lowest BCUT2D eigenvalue weighted by molar-refractivity contribution is -0.883. The predicted molar refractivity (Wildman–Crippen MR) is 109 cm³/mol. The molecule has 2 N–H and O–H groups in total. The number of benzene rings is 1. The first-order valence-corrected chi connectivity index (χ1v) is 11.7. The monoisotopic (exact) mass is 423 g/mol. The van der Waals surface area contributed by atoms with Gasteiger partial charge in [-0.2, -0.15) is 0 Å². The Bertz CT molecular complexity index is 863. The molecule has 2 amide bonds. The van der Waals surface area contributed by atoms with Crippen LogP contribution in [0.25, 0.3) is 0 Å². The zero-order valence-electron chi connectivity index (χ0n) is 17.2. The predicted octanol–water partition coefficient (Wildman–Crippen LogP) is -1.34. The molecule has 29 heavy (non-hydrogen) atoms. The minimum atomic E-state index is -3.77. The maximum atomic E-state index is 12.6. The molecule has 9 heteroatoms. The number of quaternary nitrogens is 1. The van der Waals surface area contributed by atoms with Crippen LogP contribution >= 0.6 is 0 Å². The molecule has 8 nitrogen and oxygen atoms in total. The van der Waals surface area contributed by atoms with Gasteiger partial charge in [-0.3, -0.25) is 9.59 Å². The van der Waals surface area contributed by atoms with Gasteiger partial charge in [0.1, 0.15) is 0 Å². The van der Waals surface area contributed by atoms with Gasteiger partial charge in [-0.1, -0.05) is 6.07 Å². The SMILES string of the molecule is CN(CC(=O)N1CC[NH+](C)CC1)C(=O)CNS(=O)(=O)c1ccc2c(c1)CCCC2. The zero-order chi connectivity index (χ0) is 21.0. The maximum Gasteiger partial charge on any atom is 0.242 e. The van der Waals surface area contributed by atoms with Gasteiger partial charge in [0.05, 0.1) is 51.2 Å². The zero-order valence-corrected chi connectivity index (χ0v) is 18.1. The lowest BCUT2D eigenvalue weighted by Crippen LogP contribution is -3.12. The summed E-state index contributed by atoms with van der Waals surface area (Å²) in [5.74, 6) is -0.537. The number of hydrogen-bond donors (Lipinski definition) is 2. The number of piperazine rings is 1. The third-order valence-corrected chi connectivity index (χ3v) is 7.21. The smallest absolute Gasteiger partial charge is 0.242 e. The number of rotatable bonds is 6. The highest BCUT2D eigenvalue weighted by molar-refractivity contribution is 7.89. The van der Waals surface area contributed by atoms with E-state index in [9.17, 15) is 18.0 Å². The normalized spacial score (nSPS) is 17.7. The van der Waals surface area contributed by atoms with Crippen molar-refractivity contribution in [2.24, 2.45) is 0 Å².